The molecule has 3 nitrogen and oxygen atoms in total. The van der Waals surface area contributed by atoms with Crippen molar-refractivity contribution in [3.63, 3.8) is 0 Å². The normalized spacial score (nSPS) is 13.2. The average molecular weight is 137 g/mol. The molecule has 0 heterocycles. The van der Waals surface area contributed by atoms with Crippen molar-refractivity contribution in [1.29, 1.82) is 0 Å². The van der Waals surface area contributed by atoms with Gasteiger partial charge in [0.2, 0.25) is 5.91 Å². The number of hydrogen-bond acceptors (Lipinski definition) is 2. The van der Waals surface area contributed by atoms with Gasteiger partial charge in [-0.2, -0.15) is 0 Å². The quantitative estimate of drug-likeness (QED) is 0.537. The van der Waals surface area contributed by atoms with Crippen LogP contribution in [-0.4, -0.2) is 11.9 Å². The summed E-state index contributed by atoms with van der Waals surface area (Å²) >= 11 is 5.11. The van der Waals surface area contributed by atoms with Crippen LogP contribution in [0.5, 0.6) is 0 Å². The highest BCUT2D eigenvalue weighted by molar-refractivity contribution is 6.15. The fourth-order valence-corrected chi connectivity index (χ4v) is 0.594. The molecule has 4 heteroatoms. The van der Waals surface area contributed by atoms with Gasteiger partial charge >= 0.3 is 0 Å². The molecule has 0 rings (SSSR count). The van der Waals surface area contributed by atoms with E-state index in [1.807, 2.05) is 6.92 Å². The van der Waals surface area contributed by atoms with Gasteiger partial charge in [-0.3, -0.25) is 4.79 Å². The Balaban J connectivity index is 3.52. The molecule has 1 atom stereocenters. The minimum Gasteiger partial charge on any atom is -0.368 e. The Labute approximate surface area is 53.3 Å². The van der Waals surface area contributed by atoms with Crippen LogP contribution in [0.25, 0.3) is 0 Å². The van der Waals surface area contributed by atoms with Gasteiger partial charge in [0.25, 0.3) is 0 Å². The summed E-state index contributed by atoms with van der Waals surface area (Å²) < 4.78 is 0. The van der Waals surface area contributed by atoms with Crippen molar-refractivity contribution in [2.24, 2.45) is 5.73 Å². The number of rotatable bonds is 3. The van der Waals surface area contributed by atoms with Gasteiger partial charge in [0.05, 0.1) is 0 Å². The van der Waals surface area contributed by atoms with Gasteiger partial charge in [-0.05, 0) is 18.2 Å². The van der Waals surface area contributed by atoms with Gasteiger partial charge < -0.3 is 5.73 Å². The second kappa shape index (κ2) is 3.69. The van der Waals surface area contributed by atoms with Crippen molar-refractivity contribution in [2.45, 2.75) is 19.4 Å². The number of amides is 1. The molecule has 0 fully saturated rings. The Morgan fingerprint density at radius 2 is 2.50 bits per heavy atom. The molecule has 0 aromatic rings. The fourth-order valence-electron chi connectivity index (χ4n) is 0.332. The monoisotopic (exact) mass is 136 g/mol. The lowest BCUT2D eigenvalue weighted by molar-refractivity contribution is -0.119. The van der Waals surface area contributed by atoms with Crippen LogP contribution < -0.4 is 10.6 Å². The van der Waals surface area contributed by atoms with Crippen LogP contribution in [-0.2, 0) is 4.79 Å². The van der Waals surface area contributed by atoms with Gasteiger partial charge in [-0.1, -0.05) is 6.92 Å². The van der Waals surface area contributed by atoms with Gasteiger partial charge in [0.1, 0.15) is 6.04 Å². The van der Waals surface area contributed by atoms with Crippen molar-refractivity contribution < 1.29 is 4.79 Å². The minimum atomic E-state index is -0.414. The number of carbonyl (C=O) groups is 1. The first-order chi connectivity index (χ1) is 3.72. The molecule has 0 aliphatic heterocycles. The number of primary amides is 1. The minimum absolute atomic E-state index is 0.392. The lowest BCUT2D eigenvalue weighted by atomic mass is 10.2. The summed E-state index contributed by atoms with van der Waals surface area (Å²) in [6, 6.07) is -0.392. The van der Waals surface area contributed by atoms with E-state index in [2.05, 4.69) is 4.84 Å². The first-order valence-electron chi connectivity index (χ1n) is 2.37. The van der Waals surface area contributed by atoms with E-state index in [0.717, 1.165) is 0 Å². The smallest absolute Gasteiger partial charge is 0.235 e. The van der Waals surface area contributed by atoms with Crippen molar-refractivity contribution in [2.75, 3.05) is 0 Å². The summed E-state index contributed by atoms with van der Waals surface area (Å²) in [5.41, 5.74) is 4.87. The number of hydrogen-bond donors (Lipinski definition) is 2. The topological polar surface area (TPSA) is 55.1 Å². The number of halogens is 1. The maximum absolute atomic E-state index is 10.2. The van der Waals surface area contributed by atoms with E-state index < -0.39 is 11.9 Å². The van der Waals surface area contributed by atoms with E-state index in [1.54, 1.807) is 0 Å². The third kappa shape index (κ3) is 2.14. The molecule has 0 spiro atoms. The summed E-state index contributed by atoms with van der Waals surface area (Å²) in [5.74, 6) is -0.414. The van der Waals surface area contributed by atoms with E-state index >= 15 is 0 Å². The van der Waals surface area contributed by atoms with E-state index in [-0.39, 0.29) is 0 Å². The highest BCUT2D eigenvalue weighted by atomic mass is 35.5. The molecule has 1 amide bonds. The Kier molecular flexibility index (Phi) is 3.56. The molecule has 0 aromatic heterocycles. The first kappa shape index (κ1) is 7.72. The summed E-state index contributed by atoms with van der Waals surface area (Å²) in [7, 11) is 0. The van der Waals surface area contributed by atoms with Crippen LogP contribution in [0.1, 0.15) is 13.3 Å². The third-order valence-corrected chi connectivity index (χ3v) is 1.15. The SMILES string of the molecule is CC[C@H](NCl)C(N)=O. The molecule has 0 saturated heterocycles. The molecule has 3 N–H and O–H groups in total. The van der Waals surface area contributed by atoms with Crippen LogP contribution in [0.4, 0.5) is 0 Å². The molecule has 0 unspecified atom stereocenters. The van der Waals surface area contributed by atoms with Crippen molar-refractivity contribution >= 4 is 17.7 Å². The average Bonchev–Trinajstić information content (AvgIpc) is 1.69. The maximum Gasteiger partial charge on any atom is 0.235 e. The zero-order valence-corrected chi connectivity index (χ0v) is 5.40. The molecular weight excluding hydrogens is 128 g/mol. The zero-order valence-electron chi connectivity index (χ0n) is 4.65. The number of carbonyl (C=O) groups excluding carboxylic acids is 1. The van der Waals surface area contributed by atoms with Crippen molar-refractivity contribution in [3.8, 4) is 0 Å². The highest BCUT2D eigenvalue weighted by Gasteiger charge is 2.08. The first-order valence-corrected chi connectivity index (χ1v) is 2.75. The van der Waals surface area contributed by atoms with Gasteiger partial charge in [-0.15, -0.1) is 0 Å². The molecule has 8 heavy (non-hydrogen) atoms. The van der Waals surface area contributed by atoms with Gasteiger partial charge in [-0.25, -0.2) is 4.84 Å². The molecule has 48 valence electrons. The molecule has 0 saturated carbocycles. The Morgan fingerprint density at radius 3 is 2.50 bits per heavy atom. The second-order valence-corrected chi connectivity index (χ2v) is 1.69. The predicted octanol–water partition coefficient (Wildman–Crippen LogP) is -0.00630. The lowest BCUT2D eigenvalue weighted by Crippen LogP contribution is -2.35. The summed E-state index contributed by atoms with van der Waals surface area (Å²) in [4.78, 5) is 12.5. The Bertz CT molecular complexity index is 82.1. The molecule has 0 aromatic carbocycles. The standard InChI is InChI=1S/C4H9ClN2O/c1-2-3(7-5)4(6)8/h3,7H,2H2,1H3,(H2,6,8)/t3-/m0/s1. The van der Waals surface area contributed by atoms with E-state index in [0.29, 0.717) is 6.42 Å². The Hall–Kier alpha value is -0.280. The summed E-state index contributed by atoms with van der Waals surface area (Å²) in [6.45, 7) is 1.82. The Morgan fingerprint density at radius 1 is 2.00 bits per heavy atom. The van der Waals surface area contributed by atoms with E-state index in [9.17, 15) is 4.79 Å². The van der Waals surface area contributed by atoms with Crippen molar-refractivity contribution in [1.82, 2.24) is 4.84 Å². The number of nitrogens with two attached hydrogens (primary N) is 1. The van der Waals surface area contributed by atoms with Crippen LogP contribution in [0, 0.1) is 0 Å². The third-order valence-electron chi connectivity index (χ3n) is 0.883. The maximum atomic E-state index is 10.2. The van der Waals surface area contributed by atoms with Crippen LogP contribution in [0.15, 0.2) is 0 Å². The molecule has 0 aliphatic carbocycles. The second-order valence-electron chi connectivity index (χ2n) is 1.47. The highest BCUT2D eigenvalue weighted by Crippen LogP contribution is 1.88. The summed E-state index contributed by atoms with van der Waals surface area (Å²) in [5, 5.41) is 0. The van der Waals surface area contributed by atoms with Gasteiger partial charge in [0.15, 0.2) is 0 Å². The van der Waals surface area contributed by atoms with Crippen LogP contribution in [0.2, 0.25) is 0 Å². The van der Waals surface area contributed by atoms with Gasteiger partial charge in [0, 0.05) is 0 Å². The number of nitrogens with one attached hydrogen (secondary N) is 1. The van der Waals surface area contributed by atoms with Crippen molar-refractivity contribution in [3.05, 3.63) is 0 Å². The predicted molar refractivity (Wildman–Crippen MR) is 32.3 cm³/mol. The lowest BCUT2D eigenvalue weighted by Gasteiger charge is -2.04. The van der Waals surface area contributed by atoms with E-state index in [1.165, 1.54) is 0 Å². The molecule has 0 radical (unpaired) electrons. The van der Waals surface area contributed by atoms with Crippen LogP contribution >= 0.6 is 11.8 Å². The summed E-state index contributed by atoms with van der Waals surface area (Å²) in [6.07, 6.45) is 0.624. The van der Waals surface area contributed by atoms with Crippen LogP contribution in [0.3, 0.4) is 0 Å². The molecule has 0 bridgehead atoms. The largest absolute Gasteiger partial charge is 0.368 e. The zero-order chi connectivity index (χ0) is 6.57. The van der Waals surface area contributed by atoms with E-state index in [4.69, 9.17) is 17.5 Å². The fraction of sp³-hybridized carbons (Fsp3) is 0.750. The molecular formula is C4H9ClN2O. The molecule has 0 aliphatic rings.